The van der Waals surface area contributed by atoms with Crippen LogP contribution in [0.4, 0.5) is 5.82 Å². The molecule has 6 heteroatoms. The quantitative estimate of drug-likeness (QED) is 0.817. The maximum absolute atomic E-state index is 5.98. The van der Waals surface area contributed by atoms with Gasteiger partial charge in [-0.25, -0.2) is 4.68 Å². The third-order valence-electron chi connectivity index (χ3n) is 2.41. The van der Waals surface area contributed by atoms with Crippen LogP contribution in [0, 0.1) is 6.92 Å². The summed E-state index contributed by atoms with van der Waals surface area (Å²) in [5.74, 6) is 0.442. The second kappa shape index (κ2) is 4.35. The summed E-state index contributed by atoms with van der Waals surface area (Å²) in [7, 11) is 0. The molecule has 0 amide bonds. The van der Waals surface area contributed by atoms with E-state index < -0.39 is 0 Å². The molecular weight excluding hydrogens is 256 g/mol. The van der Waals surface area contributed by atoms with Crippen LogP contribution in [0.5, 0.6) is 0 Å². The molecule has 2 aromatic rings. The number of rotatable bonds is 2. The number of nitrogens with two attached hydrogens (primary N) is 2. The normalized spacial score (nSPS) is 10.5. The molecule has 0 unspecified atom stereocenters. The minimum absolute atomic E-state index is 0.250. The Hall–Kier alpha value is -1.59. The lowest BCUT2D eigenvalue weighted by atomic mass is 10.2. The number of nitrogens with zero attached hydrogens (tertiary/aromatic N) is 2. The monoisotopic (exact) mass is 266 g/mol. The molecule has 4 N–H and O–H groups in total. The van der Waals surface area contributed by atoms with Gasteiger partial charge < -0.3 is 11.5 Å². The van der Waals surface area contributed by atoms with Gasteiger partial charge in [0.05, 0.1) is 16.9 Å². The van der Waals surface area contributed by atoms with Gasteiger partial charge in [-0.3, -0.25) is 0 Å². The molecule has 0 aliphatic heterocycles. The average Bonchev–Trinajstić information content (AvgIpc) is 2.55. The van der Waals surface area contributed by atoms with Crippen molar-refractivity contribution in [2.45, 2.75) is 6.92 Å². The number of nitrogen functional groups attached to an aromatic ring is 1. The minimum Gasteiger partial charge on any atom is -0.389 e. The molecule has 0 fully saturated rings. The van der Waals surface area contributed by atoms with Crippen LogP contribution in [0.3, 0.4) is 0 Å². The molecule has 17 heavy (non-hydrogen) atoms. The SMILES string of the molecule is Cc1nn(-c2ccc(Cl)cc2)c(N)c1C(N)=S. The van der Waals surface area contributed by atoms with Crippen molar-refractivity contribution < 1.29 is 0 Å². The second-order valence-electron chi connectivity index (χ2n) is 3.60. The third kappa shape index (κ3) is 2.11. The number of hydrogen-bond donors (Lipinski definition) is 2. The Morgan fingerprint density at radius 2 is 1.94 bits per heavy atom. The highest BCUT2D eigenvalue weighted by Gasteiger charge is 2.15. The van der Waals surface area contributed by atoms with E-state index in [0.717, 1.165) is 5.69 Å². The maximum atomic E-state index is 5.98. The zero-order valence-electron chi connectivity index (χ0n) is 9.14. The Bertz CT molecular complexity index is 574. The molecule has 0 spiro atoms. The highest BCUT2D eigenvalue weighted by Crippen LogP contribution is 2.21. The van der Waals surface area contributed by atoms with E-state index in [1.807, 2.05) is 19.1 Å². The van der Waals surface area contributed by atoms with E-state index in [9.17, 15) is 0 Å². The van der Waals surface area contributed by atoms with Crippen molar-refractivity contribution in [3.8, 4) is 5.69 Å². The summed E-state index contributed by atoms with van der Waals surface area (Å²) in [6.07, 6.45) is 0. The van der Waals surface area contributed by atoms with Crippen LogP contribution in [-0.2, 0) is 0 Å². The predicted octanol–water partition coefficient (Wildman–Crippen LogP) is 2.05. The highest BCUT2D eigenvalue weighted by molar-refractivity contribution is 7.80. The first-order chi connectivity index (χ1) is 8.00. The highest BCUT2D eigenvalue weighted by atomic mass is 35.5. The Labute approximate surface area is 109 Å². The van der Waals surface area contributed by atoms with Gasteiger partial charge in [0.1, 0.15) is 10.8 Å². The lowest BCUT2D eigenvalue weighted by Gasteiger charge is -2.04. The number of thiocarbonyl (C=S) groups is 1. The van der Waals surface area contributed by atoms with Crippen molar-refractivity contribution in [1.82, 2.24) is 9.78 Å². The van der Waals surface area contributed by atoms with Gasteiger partial charge in [-0.15, -0.1) is 0 Å². The van der Waals surface area contributed by atoms with E-state index >= 15 is 0 Å². The van der Waals surface area contributed by atoms with Gasteiger partial charge >= 0.3 is 0 Å². The molecule has 0 atom stereocenters. The maximum Gasteiger partial charge on any atom is 0.137 e. The molecule has 0 bridgehead atoms. The van der Waals surface area contributed by atoms with E-state index in [4.69, 9.17) is 35.3 Å². The third-order valence-corrected chi connectivity index (χ3v) is 2.87. The van der Waals surface area contributed by atoms with Gasteiger partial charge in [-0.1, -0.05) is 23.8 Å². The summed E-state index contributed by atoms with van der Waals surface area (Å²) in [5, 5.41) is 4.97. The Morgan fingerprint density at radius 1 is 1.35 bits per heavy atom. The summed E-state index contributed by atoms with van der Waals surface area (Å²) in [6.45, 7) is 1.82. The number of halogens is 1. The van der Waals surface area contributed by atoms with Gasteiger partial charge in [-0.2, -0.15) is 5.10 Å². The molecule has 1 aromatic heterocycles. The van der Waals surface area contributed by atoms with Crippen LogP contribution >= 0.6 is 23.8 Å². The van der Waals surface area contributed by atoms with Gasteiger partial charge in [0.15, 0.2) is 0 Å². The molecule has 0 saturated carbocycles. The molecule has 1 heterocycles. The van der Waals surface area contributed by atoms with Crippen molar-refractivity contribution in [3.63, 3.8) is 0 Å². The van der Waals surface area contributed by atoms with E-state index in [1.165, 1.54) is 0 Å². The Kier molecular flexibility index (Phi) is 3.04. The van der Waals surface area contributed by atoms with Gasteiger partial charge in [0.25, 0.3) is 0 Å². The van der Waals surface area contributed by atoms with Crippen LogP contribution in [0.15, 0.2) is 24.3 Å². The molecule has 1 aromatic carbocycles. The second-order valence-corrected chi connectivity index (χ2v) is 4.47. The number of hydrogen-bond acceptors (Lipinski definition) is 3. The Morgan fingerprint density at radius 3 is 2.41 bits per heavy atom. The van der Waals surface area contributed by atoms with E-state index in [-0.39, 0.29) is 4.99 Å². The standard InChI is InChI=1S/C11H11ClN4S/c1-6-9(11(14)17)10(13)16(15-6)8-4-2-7(12)3-5-8/h2-5H,13H2,1H3,(H2,14,17). The molecule has 0 saturated heterocycles. The van der Waals surface area contributed by atoms with Crippen LogP contribution in [0.25, 0.3) is 5.69 Å². The summed E-state index contributed by atoms with van der Waals surface area (Å²) in [6, 6.07) is 7.20. The van der Waals surface area contributed by atoms with Crippen LogP contribution in [0.1, 0.15) is 11.3 Å². The van der Waals surface area contributed by atoms with Crippen molar-refractivity contribution >= 4 is 34.6 Å². The number of aromatic nitrogens is 2. The van der Waals surface area contributed by atoms with E-state index in [0.29, 0.717) is 22.1 Å². The molecule has 88 valence electrons. The number of aryl methyl sites for hydroxylation is 1. The summed E-state index contributed by atoms with van der Waals surface area (Å²) < 4.78 is 1.60. The summed E-state index contributed by atoms with van der Waals surface area (Å²) in [5.41, 5.74) is 13.7. The minimum atomic E-state index is 0.250. The Balaban J connectivity index is 2.57. The van der Waals surface area contributed by atoms with Gasteiger partial charge in [-0.05, 0) is 31.2 Å². The van der Waals surface area contributed by atoms with E-state index in [1.54, 1.807) is 16.8 Å². The van der Waals surface area contributed by atoms with Crippen LogP contribution in [0.2, 0.25) is 5.02 Å². The number of benzene rings is 1. The van der Waals surface area contributed by atoms with E-state index in [2.05, 4.69) is 5.10 Å². The topological polar surface area (TPSA) is 69.9 Å². The fraction of sp³-hybridized carbons (Fsp3) is 0.0909. The molecule has 2 rings (SSSR count). The van der Waals surface area contributed by atoms with Gasteiger partial charge in [0.2, 0.25) is 0 Å². The zero-order valence-corrected chi connectivity index (χ0v) is 10.7. The zero-order chi connectivity index (χ0) is 12.6. The first-order valence-electron chi connectivity index (χ1n) is 4.91. The van der Waals surface area contributed by atoms with Crippen molar-refractivity contribution in [2.75, 3.05) is 5.73 Å². The fourth-order valence-electron chi connectivity index (χ4n) is 1.63. The largest absolute Gasteiger partial charge is 0.389 e. The summed E-state index contributed by atoms with van der Waals surface area (Å²) in [4.78, 5) is 0.250. The lowest BCUT2D eigenvalue weighted by Crippen LogP contribution is -2.13. The first-order valence-corrected chi connectivity index (χ1v) is 5.70. The smallest absolute Gasteiger partial charge is 0.137 e. The molecule has 4 nitrogen and oxygen atoms in total. The van der Waals surface area contributed by atoms with Crippen LogP contribution < -0.4 is 11.5 Å². The average molecular weight is 267 g/mol. The van der Waals surface area contributed by atoms with Crippen molar-refractivity contribution in [2.24, 2.45) is 5.73 Å². The van der Waals surface area contributed by atoms with Crippen molar-refractivity contribution in [3.05, 3.63) is 40.5 Å². The predicted molar refractivity (Wildman–Crippen MR) is 73.6 cm³/mol. The van der Waals surface area contributed by atoms with Crippen LogP contribution in [-0.4, -0.2) is 14.8 Å². The molecule has 0 aliphatic carbocycles. The summed E-state index contributed by atoms with van der Waals surface area (Å²) >= 11 is 10.8. The fourth-order valence-corrected chi connectivity index (χ4v) is 2.01. The lowest BCUT2D eigenvalue weighted by molar-refractivity contribution is 0.872. The first kappa shape index (κ1) is 11.9. The molecular formula is C11H11ClN4S. The van der Waals surface area contributed by atoms with Crippen molar-refractivity contribution in [1.29, 1.82) is 0 Å². The number of anilines is 1. The van der Waals surface area contributed by atoms with Gasteiger partial charge in [0, 0.05) is 5.02 Å². The molecule has 0 aliphatic rings. The molecule has 0 radical (unpaired) electrons.